The smallest absolute Gasteiger partial charge is 0.285 e. The maximum atomic E-state index is 14.4. The summed E-state index contributed by atoms with van der Waals surface area (Å²) in [6, 6.07) is 8.31. The molecule has 2 nitrogen and oxygen atoms in total. The van der Waals surface area contributed by atoms with Crippen LogP contribution in [0.4, 0.5) is 8.78 Å². The molecule has 1 aliphatic rings. The summed E-state index contributed by atoms with van der Waals surface area (Å²) in [4.78, 5) is 1.91. The zero-order chi connectivity index (χ0) is 14.6. The van der Waals surface area contributed by atoms with E-state index in [9.17, 15) is 8.78 Å². The number of hydrogen-bond acceptors (Lipinski definition) is 2. The molecule has 112 valence electrons. The highest BCUT2D eigenvalue weighted by atomic mass is 19.3. The average Bonchev–Trinajstić information content (AvgIpc) is 2.94. The lowest BCUT2D eigenvalue weighted by molar-refractivity contribution is -0.0503. The topological polar surface area (TPSA) is 29.3 Å². The van der Waals surface area contributed by atoms with Gasteiger partial charge in [-0.3, -0.25) is 4.90 Å². The molecule has 2 unspecified atom stereocenters. The van der Waals surface area contributed by atoms with E-state index >= 15 is 0 Å². The lowest BCUT2D eigenvalue weighted by atomic mass is 10.0. The number of nitrogens with zero attached hydrogens (tertiary/aromatic N) is 1. The molecule has 0 aliphatic heterocycles. The van der Waals surface area contributed by atoms with Gasteiger partial charge in [-0.15, -0.1) is 0 Å². The molecule has 2 rings (SSSR count). The molecular weight excluding hydrogens is 258 g/mol. The van der Waals surface area contributed by atoms with Crippen molar-refractivity contribution in [3.05, 3.63) is 35.9 Å². The van der Waals surface area contributed by atoms with E-state index in [1.54, 1.807) is 18.2 Å². The summed E-state index contributed by atoms with van der Waals surface area (Å²) < 4.78 is 28.8. The molecular formula is C16H24F2N2. The Labute approximate surface area is 120 Å². The summed E-state index contributed by atoms with van der Waals surface area (Å²) in [5, 5.41) is 0. The third-order valence-corrected chi connectivity index (χ3v) is 4.39. The van der Waals surface area contributed by atoms with E-state index < -0.39 is 5.92 Å². The van der Waals surface area contributed by atoms with Gasteiger partial charge in [-0.05, 0) is 31.8 Å². The molecule has 0 radical (unpaired) electrons. The summed E-state index contributed by atoms with van der Waals surface area (Å²) in [5.74, 6) is -2.44. The van der Waals surface area contributed by atoms with Crippen LogP contribution in [-0.2, 0) is 5.92 Å². The first-order valence-corrected chi connectivity index (χ1v) is 7.46. The van der Waals surface area contributed by atoms with Crippen LogP contribution in [0, 0.1) is 5.92 Å². The van der Waals surface area contributed by atoms with Crippen molar-refractivity contribution in [3.63, 3.8) is 0 Å². The van der Waals surface area contributed by atoms with E-state index in [0.717, 1.165) is 19.3 Å². The lowest BCUT2D eigenvalue weighted by Gasteiger charge is -2.34. The fraction of sp³-hybridized carbons (Fsp3) is 0.625. The van der Waals surface area contributed by atoms with Crippen LogP contribution in [0.5, 0.6) is 0 Å². The zero-order valence-corrected chi connectivity index (χ0v) is 12.1. The van der Waals surface area contributed by atoms with Crippen molar-refractivity contribution in [1.82, 2.24) is 4.90 Å². The van der Waals surface area contributed by atoms with Gasteiger partial charge in [0, 0.05) is 11.6 Å². The van der Waals surface area contributed by atoms with Crippen LogP contribution in [0.3, 0.4) is 0 Å². The Kier molecular flexibility index (Phi) is 5.11. The van der Waals surface area contributed by atoms with Crippen molar-refractivity contribution >= 4 is 0 Å². The van der Waals surface area contributed by atoms with Crippen molar-refractivity contribution in [2.24, 2.45) is 11.7 Å². The highest BCUT2D eigenvalue weighted by molar-refractivity contribution is 5.20. The molecule has 0 bridgehead atoms. The van der Waals surface area contributed by atoms with E-state index in [-0.39, 0.29) is 18.2 Å². The van der Waals surface area contributed by atoms with Crippen molar-refractivity contribution < 1.29 is 8.78 Å². The van der Waals surface area contributed by atoms with Gasteiger partial charge >= 0.3 is 0 Å². The summed E-state index contributed by atoms with van der Waals surface area (Å²) in [6.07, 6.45) is 3.15. The van der Waals surface area contributed by atoms with Gasteiger partial charge < -0.3 is 5.73 Å². The highest BCUT2D eigenvalue weighted by Crippen LogP contribution is 2.34. The van der Waals surface area contributed by atoms with Crippen LogP contribution in [0.1, 0.15) is 31.7 Å². The molecule has 0 saturated heterocycles. The first-order chi connectivity index (χ1) is 9.58. The first-order valence-electron chi connectivity index (χ1n) is 7.46. The number of likely N-dealkylation sites (N-methyl/N-ethyl adjacent to an activating group) is 1. The van der Waals surface area contributed by atoms with Gasteiger partial charge in [-0.1, -0.05) is 43.7 Å². The minimum Gasteiger partial charge on any atom is -0.330 e. The Bertz CT molecular complexity index is 408. The molecule has 2 N–H and O–H groups in total. The Morgan fingerprint density at radius 1 is 1.25 bits per heavy atom. The molecule has 1 saturated carbocycles. The monoisotopic (exact) mass is 282 g/mol. The predicted octanol–water partition coefficient (Wildman–Crippen LogP) is 3.23. The van der Waals surface area contributed by atoms with Crippen molar-refractivity contribution in [1.29, 1.82) is 0 Å². The molecule has 1 aromatic rings. The minimum absolute atomic E-state index is 0.0979. The van der Waals surface area contributed by atoms with E-state index in [2.05, 4.69) is 0 Å². The number of alkyl halides is 2. The second-order valence-electron chi connectivity index (χ2n) is 5.63. The second-order valence-corrected chi connectivity index (χ2v) is 5.63. The summed E-state index contributed by atoms with van der Waals surface area (Å²) >= 11 is 0. The summed E-state index contributed by atoms with van der Waals surface area (Å²) in [5.41, 5.74) is 5.88. The molecule has 1 aliphatic carbocycles. The molecule has 1 aromatic carbocycles. The minimum atomic E-state index is -2.81. The largest absolute Gasteiger partial charge is 0.330 e. The molecule has 0 aromatic heterocycles. The van der Waals surface area contributed by atoms with Crippen LogP contribution < -0.4 is 5.73 Å². The number of rotatable bonds is 6. The van der Waals surface area contributed by atoms with E-state index in [0.29, 0.717) is 19.0 Å². The van der Waals surface area contributed by atoms with Gasteiger partial charge in [0.1, 0.15) is 0 Å². The van der Waals surface area contributed by atoms with Crippen LogP contribution in [0.25, 0.3) is 0 Å². The van der Waals surface area contributed by atoms with Gasteiger partial charge in [0.05, 0.1) is 6.54 Å². The number of hydrogen-bond donors (Lipinski definition) is 1. The van der Waals surface area contributed by atoms with Crippen LogP contribution in [0.2, 0.25) is 0 Å². The maximum Gasteiger partial charge on any atom is 0.285 e. The molecule has 1 fully saturated rings. The first kappa shape index (κ1) is 15.4. The molecule has 0 spiro atoms. The maximum absolute atomic E-state index is 14.4. The normalized spacial score (nSPS) is 23.4. The van der Waals surface area contributed by atoms with E-state index in [4.69, 9.17) is 5.73 Å². The summed E-state index contributed by atoms with van der Waals surface area (Å²) in [6.45, 7) is 2.98. The van der Waals surface area contributed by atoms with Crippen molar-refractivity contribution in [2.45, 2.75) is 38.2 Å². The van der Waals surface area contributed by atoms with E-state index in [1.807, 2.05) is 11.8 Å². The molecule has 20 heavy (non-hydrogen) atoms. The Morgan fingerprint density at radius 3 is 2.55 bits per heavy atom. The number of nitrogens with two attached hydrogens (primary N) is 1. The van der Waals surface area contributed by atoms with Gasteiger partial charge in [-0.2, -0.15) is 8.78 Å². The van der Waals surface area contributed by atoms with Crippen LogP contribution >= 0.6 is 0 Å². The highest BCUT2D eigenvalue weighted by Gasteiger charge is 2.38. The fourth-order valence-electron chi connectivity index (χ4n) is 3.26. The number of benzene rings is 1. The number of halogens is 2. The molecule has 2 atom stereocenters. The van der Waals surface area contributed by atoms with Gasteiger partial charge in [-0.25, -0.2) is 0 Å². The third kappa shape index (κ3) is 3.36. The van der Waals surface area contributed by atoms with Crippen LogP contribution in [0.15, 0.2) is 30.3 Å². The molecule has 0 heterocycles. The summed E-state index contributed by atoms with van der Waals surface area (Å²) in [7, 11) is 0. The van der Waals surface area contributed by atoms with Gasteiger partial charge in [0.2, 0.25) is 0 Å². The van der Waals surface area contributed by atoms with E-state index in [1.165, 1.54) is 12.1 Å². The molecule has 4 heteroatoms. The van der Waals surface area contributed by atoms with Gasteiger partial charge in [0.25, 0.3) is 5.92 Å². The zero-order valence-electron chi connectivity index (χ0n) is 12.1. The second kappa shape index (κ2) is 6.64. The van der Waals surface area contributed by atoms with Crippen molar-refractivity contribution in [2.75, 3.05) is 19.6 Å². The lowest BCUT2D eigenvalue weighted by Crippen LogP contribution is -2.45. The van der Waals surface area contributed by atoms with Gasteiger partial charge in [0.15, 0.2) is 0 Å². The van der Waals surface area contributed by atoms with Crippen LogP contribution in [-0.4, -0.2) is 30.6 Å². The standard InChI is InChI=1S/C16H24F2N2/c1-2-20(15-10-6-7-13(15)11-19)12-16(17,18)14-8-4-3-5-9-14/h3-5,8-9,13,15H,2,6-7,10-12,19H2,1H3. The third-order valence-electron chi connectivity index (χ3n) is 4.39. The van der Waals surface area contributed by atoms with Crippen molar-refractivity contribution in [3.8, 4) is 0 Å². The Hall–Kier alpha value is -1.00. The fourth-order valence-corrected chi connectivity index (χ4v) is 3.26. The quantitative estimate of drug-likeness (QED) is 0.868. The average molecular weight is 282 g/mol. The SMILES string of the molecule is CCN(CC(F)(F)c1ccccc1)C1CCCC1CN. The Morgan fingerprint density at radius 2 is 1.95 bits per heavy atom. The predicted molar refractivity (Wildman–Crippen MR) is 77.8 cm³/mol. The Balaban J connectivity index is 2.09. The molecule has 0 amide bonds.